The van der Waals surface area contributed by atoms with Gasteiger partial charge in [-0.25, -0.2) is 14.2 Å². The SMILES string of the molecule is O=C(O)N1CCCC(n2cc(-c3ccc(F)c(C(F)(F)F)c3)nc2C2CCNCC2)C1. The minimum atomic E-state index is -4.80. The summed E-state index contributed by atoms with van der Waals surface area (Å²) in [6, 6.07) is 2.76. The maximum Gasteiger partial charge on any atom is 0.419 e. The number of hydrogen-bond acceptors (Lipinski definition) is 3. The van der Waals surface area contributed by atoms with Crippen LogP contribution in [0.1, 0.15) is 49.0 Å². The van der Waals surface area contributed by atoms with E-state index in [0.717, 1.165) is 50.3 Å². The molecule has 1 amide bonds. The summed E-state index contributed by atoms with van der Waals surface area (Å²) >= 11 is 0. The van der Waals surface area contributed by atoms with E-state index in [1.165, 1.54) is 11.0 Å². The Labute approximate surface area is 176 Å². The number of rotatable bonds is 3. The third-order valence-electron chi connectivity index (χ3n) is 6.09. The minimum absolute atomic E-state index is 0.123. The summed E-state index contributed by atoms with van der Waals surface area (Å²) in [5, 5.41) is 12.7. The molecule has 4 rings (SSSR count). The van der Waals surface area contributed by atoms with Crippen molar-refractivity contribution in [2.45, 2.75) is 43.8 Å². The molecule has 0 radical (unpaired) electrons. The lowest BCUT2D eigenvalue weighted by atomic mass is 9.96. The molecule has 10 heteroatoms. The molecule has 2 aliphatic heterocycles. The van der Waals surface area contributed by atoms with Crippen molar-refractivity contribution in [1.82, 2.24) is 19.8 Å². The number of carboxylic acid groups (broad SMARTS) is 1. The summed E-state index contributed by atoms with van der Waals surface area (Å²) in [4.78, 5) is 17.5. The fraction of sp³-hybridized carbons (Fsp3) is 0.524. The number of alkyl halides is 3. The average Bonchev–Trinajstić information content (AvgIpc) is 3.19. The molecule has 2 fully saturated rings. The Morgan fingerprint density at radius 2 is 1.94 bits per heavy atom. The predicted octanol–water partition coefficient (Wildman–Crippen LogP) is 4.49. The number of hydrogen-bond donors (Lipinski definition) is 2. The van der Waals surface area contributed by atoms with Crippen molar-refractivity contribution in [2.24, 2.45) is 0 Å². The smallest absolute Gasteiger partial charge is 0.419 e. The minimum Gasteiger partial charge on any atom is -0.465 e. The predicted molar refractivity (Wildman–Crippen MR) is 105 cm³/mol. The molecule has 0 spiro atoms. The molecule has 2 saturated heterocycles. The normalized spacial score (nSPS) is 20.8. The van der Waals surface area contributed by atoms with Crippen LogP contribution in [0.15, 0.2) is 24.4 Å². The van der Waals surface area contributed by atoms with Gasteiger partial charge in [0.2, 0.25) is 0 Å². The molecular weight excluding hydrogens is 416 g/mol. The molecule has 3 heterocycles. The molecule has 2 aromatic rings. The van der Waals surface area contributed by atoms with Crippen molar-refractivity contribution >= 4 is 6.09 Å². The molecular formula is C21H24F4N4O2. The van der Waals surface area contributed by atoms with Gasteiger partial charge in [0.25, 0.3) is 0 Å². The van der Waals surface area contributed by atoms with E-state index in [-0.39, 0.29) is 17.5 Å². The second kappa shape index (κ2) is 8.49. The lowest BCUT2D eigenvalue weighted by Crippen LogP contribution is -2.40. The van der Waals surface area contributed by atoms with E-state index < -0.39 is 23.7 Å². The van der Waals surface area contributed by atoms with Gasteiger partial charge >= 0.3 is 12.3 Å². The Bertz CT molecular complexity index is 953. The number of imidazole rings is 1. The van der Waals surface area contributed by atoms with Gasteiger partial charge in [0, 0.05) is 30.8 Å². The quantitative estimate of drug-likeness (QED) is 0.690. The monoisotopic (exact) mass is 440 g/mol. The van der Waals surface area contributed by atoms with E-state index in [2.05, 4.69) is 10.3 Å². The number of piperidine rings is 2. The second-order valence-corrected chi connectivity index (χ2v) is 8.13. The summed E-state index contributed by atoms with van der Waals surface area (Å²) < 4.78 is 55.3. The molecule has 0 saturated carbocycles. The Morgan fingerprint density at radius 1 is 1.19 bits per heavy atom. The Hall–Kier alpha value is -2.62. The Morgan fingerprint density at radius 3 is 2.61 bits per heavy atom. The first-order valence-corrected chi connectivity index (χ1v) is 10.4. The maximum absolute atomic E-state index is 13.8. The number of nitrogens with zero attached hydrogens (tertiary/aromatic N) is 3. The zero-order valence-corrected chi connectivity index (χ0v) is 16.8. The molecule has 1 aromatic carbocycles. The highest BCUT2D eigenvalue weighted by Crippen LogP contribution is 2.36. The summed E-state index contributed by atoms with van der Waals surface area (Å²) in [5.41, 5.74) is -0.794. The summed E-state index contributed by atoms with van der Waals surface area (Å²) in [5.74, 6) is -0.442. The summed E-state index contributed by atoms with van der Waals surface area (Å²) in [7, 11) is 0. The first-order chi connectivity index (χ1) is 14.7. The number of likely N-dealkylation sites (tertiary alicyclic amines) is 1. The van der Waals surface area contributed by atoms with Crippen LogP contribution < -0.4 is 5.32 Å². The van der Waals surface area contributed by atoms with E-state index in [1.807, 2.05) is 4.57 Å². The van der Waals surface area contributed by atoms with Gasteiger partial charge in [-0.2, -0.15) is 13.2 Å². The van der Waals surface area contributed by atoms with Crippen molar-refractivity contribution in [3.05, 3.63) is 41.6 Å². The van der Waals surface area contributed by atoms with Gasteiger partial charge in [0.05, 0.1) is 17.3 Å². The van der Waals surface area contributed by atoms with Crippen LogP contribution in [-0.4, -0.2) is 51.8 Å². The van der Waals surface area contributed by atoms with Crippen LogP contribution in [-0.2, 0) is 6.18 Å². The van der Waals surface area contributed by atoms with Gasteiger partial charge < -0.3 is 19.9 Å². The maximum atomic E-state index is 13.8. The highest BCUT2D eigenvalue weighted by Gasteiger charge is 2.35. The molecule has 1 aromatic heterocycles. The van der Waals surface area contributed by atoms with Crippen molar-refractivity contribution in [2.75, 3.05) is 26.2 Å². The van der Waals surface area contributed by atoms with Crippen molar-refractivity contribution < 1.29 is 27.5 Å². The topological polar surface area (TPSA) is 70.4 Å². The van der Waals surface area contributed by atoms with Crippen LogP contribution in [0.3, 0.4) is 0 Å². The molecule has 2 N–H and O–H groups in total. The van der Waals surface area contributed by atoms with Crippen molar-refractivity contribution in [3.63, 3.8) is 0 Å². The van der Waals surface area contributed by atoms with Crippen LogP contribution in [0.4, 0.5) is 22.4 Å². The number of aromatic nitrogens is 2. The van der Waals surface area contributed by atoms with Gasteiger partial charge in [-0.15, -0.1) is 0 Å². The highest BCUT2D eigenvalue weighted by atomic mass is 19.4. The molecule has 0 aliphatic carbocycles. The summed E-state index contributed by atoms with van der Waals surface area (Å²) in [6.07, 6.45) is -0.958. The third-order valence-corrected chi connectivity index (χ3v) is 6.09. The summed E-state index contributed by atoms with van der Waals surface area (Å²) in [6.45, 7) is 2.39. The largest absolute Gasteiger partial charge is 0.465 e. The lowest BCUT2D eigenvalue weighted by molar-refractivity contribution is -0.139. The molecule has 2 aliphatic rings. The van der Waals surface area contributed by atoms with Gasteiger partial charge in [-0.05, 0) is 57.0 Å². The molecule has 31 heavy (non-hydrogen) atoms. The standard InChI is InChI=1S/C21H24F4N4O2/c22-17-4-3-14(10-16(17)21(23,24)25)18-12-29(15-2-1-9-28(11-15)20(30)31)19(27-18)13-5-7-26-8-6-13/h3-4,10,12-13,15,26H,1-2,5-9,11H2,(H,30,31). The number of nitrogens with one attached hydrogen (secondary N) is 1. The first kappa shape index (κ1) is 21.6. The molecule has 1 unspecified atom stereocenters. The van der Waals surface area contributed by atoms with Gasteiger partial charge in [0.1, 0.15) is 11.6 Å². The molecule has 168 valence electrons. The van der Waals surface area contributed by atoms with Crippen LogP contribution in [0, 0.1) is 5.82 Å². The Balaban J connectivity index is 1.74. The first-order valence-electron chi connectivity index (χ1n) is 10.4. The molecule has 1 atom stereocenters. The van der Waals surface area contributed by atoms with Crippen molar-refractivity contribution in [3.8, 4) is 11.3 Å². The van der Waals surface area contributed by atoms with Gasteiger partial charge in [0.15, 0.2) is 0 Å². The van der Waals surface area contributed by atoms with E-state index in [0.29, 0.717) is 25.2 Å². The number of amides is 1. The van der Waals surface area contributed by atoms with Gasteiger partial charge in [-0.3, -0.25) is 0 Å². The molecule has 6 nitrogen and oxygen atoms in total. The van der Waals surface area contributed by atoms with E-state index >= 15 is 0 Å². The lowest BCUT2D eigenvalue weighted by Gasteiger charge is -2.33. The van der Waals surface area contributed by atoms with Crippen LogP contribution in [0.2, 0.25) is 0 Å². The number of carbonyl (C=O) groups is 1. The van der Waals surface area contributed by atoms with Gasteiger partial charge in [-0.1, -0.05) is 0 Å². The van der Waals surface area contributed by atoms with Crippen LogP contribution in [0.5, 0.6) is 0 Å². The Kier molecular flexibility index (Phi) is 5.92. The number of halogens is 4. The number of benzene rings is 1. The fourth-order valence-corrected chi connectivity index (χ4v) is 4.48. The average molecular weight is 440 g/mol. The zero-order valence-electron chi connectivity index (χ0n) is 16.8. The third kappa shape index (κ3) is 4.53. The highest BCUT2D eigenvalue weighted by molar-refractivity contribution is 5.65. The molecule has 0 bridgehead atoms. The van der Waals surface area contributed by atoms with E-state index in [4.69, 9.17) is 0 Å². The zero-order chi connectivity index (χ0) is 22.2. The van der Waals surface area contributed by atoms with E-state index in [9.17, 15) is 27.5 Å². The van der Waals surface area contributed by atoms with Crippen LogP contribution >= 0.6 is 0 Å². The van der Waals surface area contributed by atoms with E-state index in [1.54, 1.807) is 6.20 Å². The van der Waals surface area contributed by atoms with Crippen LogP contribution in [0.25, 0.3) is 11.3 Å². The fourth-order valence-electron chi connectivity index (χ4n) is 4.48. The van der Waals surface area contributed by atoms with Crippen molar-refractivity contribution in [1.29, 1.82) is 0 Å². The second-order valence-electron chi connectivity index (χ2n) is 8.13.